The quantitative estimate of drug-likeness (QED) is 0.481. The van der Waals surface area contributed by atoms with Crippen LogP contribution in [0.15, 0.2) is 0 Å². The SMILES string of the molecule is C[C@]12CC(O)[C@](CO)(CC(O)[C@@H]3[C@@H]1CC3(CO)CO)C2. The lowest BCUT2D eigenvalue weighted by molar-refractivity contribution is -0.196. The summed E-state index contributed by atoms with van der Waals surface area (Å²) in [6, 6.07) is 0. The van der Waals surface area contributed by atoms with Gasteiger partial charge in [-0.05, 0) is 42.9 Å². The Bertz CT molecular complexity index is 396. The number of aliphatic hydroxyl groups excluding tert-OH is 5. The van der Waals surface area contributed by atoms with E-state index in [1.54, 1.807) is 0 Å². The first-order chi connectivity index (χ1) is 9.36. The Morgan fingerprint density at radius 3 is 2.15 bits per heavy atom. The molecule has 2 unspecified atom stereocenters. The van der Waals surface area contributed by atoms with Gasteiger partial charge in [-0.3, -0.25) is 0 Å². The summed E-state index contributed by atoms with van der Waals surface area (Å²) in [4.78, 5) is 0. The van der Waals surface area contributed by atoms with Crippen LogP contribution in [0, 0.1) is 28.1 Å². The van der Waals surface area contributed by atoms with Gasteiger partial charge in [0.2, 0.25) is 0 Å². The van der Waals surface area contributed by atoms with Gasteiger partial charge in [-0.15, -0.1) is 0 Å². The van der Waals surface area contributed by atoms with Crippen molar-refractivity contribution in [3.05, 3.63) is 0 Å². The van der Waals surface area contributed by atoms with E-state index in [-0.39, 0.29) is 37.1 Å². The lowest BCUT2D eigenvalue weighted by Crippen LogP contribution is -2.61. The first-order valence-corrected chi connectivity index (χ1v) is 7.55. The molecule has 0 amide bonds. The smallest absolute Gasteiger partial charge is 0.0624 e. The molecule has 3 fully saturated rings. The fourth-order valence-electron chi connectivity index (χ4n) is 5.63. The molecule has 3 saturated carbocycles. The monoisotopic (exact) mass is 286 g/mol. The van der Waals surface area contributed by atoms with Gasteiger partial charge in [-0.1, -0.05) is 6.92 Å². The third kappa shape index (κ3) is 1.61. The molecule has 0 aromatic heterocycles. The first-order valence-electron chi connectivity index (χ1n) is 7.55. The Kier molecular flexibility index (Phi) is 3.24. The van der Waals surface area contributed by atoms with Gasteiger partial charge in [0.15, 0.2) is 0 Å². The molecule has 5 heteroatoms. The molecule has 0 aliphatic heterocycles. The number of hydrogen-bond donors (Lipinski definition) is 5. The third-order valence-corrected chi connectivity index (χ3v) is 6.76. The van der Waals surface area contributed by atoms with Crippen LogP contribution in [0.2, 0.25) is 0 Å². The fraction of sp³-hybridized carbons (Fsp3) is 1.00. The second-order valence-corrected chi connectivity index (χ2v) is 7.86. The van der Waals surface area contributed by atoms with Crippen molar-refractivity contribution in [1.29, 1.82) is 0 Å². The van der Waals surface area contributed by atoms with E-state index < -0.39 is 23.0 Å². The Morgan fingerprint density at radius 2 is 1.60 bits per heavy atom. The zero-order valence-corrected chi connectivity index (χ0v) is 12.0. The summed E-state index contributed by atoms with van der Waals surface area (Å²) in [7, 11) is 0. The molecule has 0 aromatic carbocycles. The Labute approximate surface area is 119 Å². The molecule has 5 nitrogen and oxygen atoms in total. The maximum Gasteiger partial charge on any atom is 0.0624 e. The summed E-state index contributed by atoms with van der Waals surface area (Å²) in [5.41, 5.74) is -1.35. The van der Waals surface area contributed by atoms with Gasteiger partial charge >= 0.3 is 0 Å². The molecule has 3 aliphatic rings. The molecule has 6 atom stereocenters. The maximum absolute atomic E-state index is 10.6. The summed E-state index contributed by atoms with van der Waals surface area (Å²) >= 11 is 0. The van der Waals surface area contributed by atoms with Gasteiger partial charge in [0.1, 0.15) is 0 Å². The molecule has 116 valence electrons. The van der Waals surface area contributed by atoms with Gasteiger partial charge in [0, 0.05) is 10.8 Å². The van der Waals surface area contributed by atoms with Crippen molar-refractivity contribution < 1.29 is 25.5 Å². The van der Waals surface area contributed by atoms with E-state index >= 15 is 0 Å². The van der Waals surface area contributed by atoms with Crippen LogP contribution in [0.25, 0.3) is 0 Å². The van der Waals surface area contributed by atoms with E-state index in [0.717, 1.165) is 0 Å². The second kappa shape index (κ2) is 4.40. The highest BCUT2D eigenvalue weighted by molar-refractivity contribution is 5.17. The average molecular weight is 286 g/mol. The van der Waals surface area contributed by atoms with Crippen molar-refractivity contribution in [1.82, 2.24) is 0 Å². The lowest BCUT2D eigenvalue weighted by atomic mass is 9.46. The van der Waals surface area contributed by atoms with Crippen molar-refractivity contribution in [2.75, 3.05) is 19.8 Å². The zero-order valence-electron chi connectivity index (χ0n) is 12.0. The second-order valence-electron chi connectivity index (χ2n) is 7.86. The molecule has 0 heterocycles. The standard InChI is InChI=1S/C15H26O5/c1-13-4-11(20)14(5-13,6-16)3-10(19)12-9(13)2-15(12,7-17)8-18/h9-12,16-20H,2-8H2,1H3/t9-,10?,11?,12-,13+,14+/m0/s1. The minimum absolute atomic E-state index is 0.119. The minimum Gasteiger partial charge on any atom is -0.396 e. The highest BCUT2D eigenvalue weighted by Gasteiger charge is 2.68. The topological polar surface area (TPSA) is 101 Å². The number of hydrogen-bond acceptors (Lipinski definition) is 5. The largest absolute Gasteiger partial charge is 0.396 e. The average Bonchev–Trinajstić information content (AvgIpc) is 2.57. The van der Waals surface area contributed by atoms with Gasteiger partial charge in [0.25, 0.3) is 0 Å². The number of rotatable bonds is 3. The van der Waals surface area contributed by atoms with Crippen LogP contribution in [0.3, 0.4) is 0 Å². The van der Waals surface area contributed by atoms with Crippen LogP contribution in [-0.4, -0.2) is 57.6 Å². The van der Waals surface area contributed by atoms with Crippen molar-refractivity contribution in [3.8, 4) is 0 Å². The Balaban J connectivity index is 1.97. The van der Waals surface area contributed by atoms with E-state index in [1.165, 1.54) is 0 Å². The maximum atomic E-state index is 10.6. The van der Waals surface area contributed by atoms with Crippen LogP contribution in [0.4, 0.5) is 0 Å². The molecule has 0 radical (unpaired) electrons. The van der Waals surface area contributed by atoms with Gasteiger partial charge in [-0.2, -0.15) is 0 Å². The van der Waals surface area contributed by atoms with Crippen LogP contribution >= 0.6 is 0 Å². The molecule has 0 spiro atoms. The highest BCUT2D eigenvalue weighted by Crippen LogP contribution is 2.69. The van der Waals surface area contributed by atoms with Crippen molar-refractivity contribution in [2.45, 2.75) is 44.8 Å². The third-order valence-electron chi connectivity index (χ3n) is 6.76. The minimum atomic E-state index is -0.683. The van der Waals surface area contributed by atoms with Crippen LogP contribution in [0.1, 0.15) is 32.6 Å². The van der Waals surface area contributed by atoms with E-state index in [0.29, 0.717) is 25.7 Å². The predicted octanol–water partition coefficient (Wildman–Crippen LogP) is -0.502. The summed E-state index contributed by atoms with van der Waals surface area (Å²) in [5.74, 6) is 0.0609. The predicted molar refractivity (Wildman–Crippen MR) is 71.7 cm³/mol. The zero-order chi connectivity index (χ0) is 14.8. The van der Waals surface area contributed by atoms with Gasteiger partial charge in [0.05, 0.1) is 32.0 Å². The highest BCUT2D eigenvalue weighted by atomic mass is 16.3. The summed E-state index contributed by atoms with van der Waals surface area (Å²) < 4.78 is 0. The van der Waals surface area contributed by atoms with E-state index in [9.17, 15) is 25.5 Å². The molecule has 3 aliphatic carbocycles. The summed E-state index contributed by atoms with van der Waals surface area (Å²) in [6.07, 6.45) is 1.12. The molecule has 20 heavy (non-hydrogen) atoms. The molecular weight excluding hydrogens is 260 g/mol. The summed E-state index contributed by atoms with van der Waals surface area (Å²) in [5, 5.41) is 50.0. The van der Waals surface area contributed by atoms with Crippen molar-refractivity contribution >= 4 is 0 Å². The van der Waals surface area contributed by atoms with Gasteiger partial charge in [-0.25, -0.2) is 0 Å². The van der Waals surface area contributed by atoms with E-state index in [4.69, 9.17) is 0 Å². The molecule has 2 bridgehead atoms. The van der Waals surface area contributed by atoms with Crippen LogP contribution in [-0.2, 0) is 0 Å². The normalized spacial score (nSPS) is 53.1. The van der Waals surface area contributed by atoms with Crippen LogP contribution in [0.5, 0.6) is 0 Å². The Morgan fingerprint density at radius 1 is 0.950 bits per heavy atom. The number of fused-ring (bicyclic) bond motifs is 4. The first kappa shape index (κ1) is 14.7. The van der Waals surface area contributed by atoms with E-state index in [2.05, 4.69) is 6.92 Å². The molecular formula is C15H26O5. The number of aliphatic hydroxyl groups is 5. The lowest BCUT2D eigenvalue weighted by Gasteiger charge is -2.60. The fourth-order valence-corrected chi connectivity index (χ4v) is 5.63. The molecule has 5 N–H and O–H groups in total. The Hall–Kier alpha value is -0.200. The van der Waals surface area contributed by atoms with Gasteiger partial charge < -0.3 is 25.5 Å². The van der Waals surface area contributed by atoms with Crippen LogP contribution < -0.4 is 0 Å². The van der Waals surface area contributed by atoms with Crippen molar-refractivity contribution in [2.24, 2.45) is 28.1 Å². The van der Waals surface area contributed by atoms with E-state index in [1.807, 2.05) is 0 Å². The van der Waals surface area contributed by atoms with Crippen molar-refractivity contribution in [3.63, 3.8) is 0 Å². The molecule has 0 saturated heterocycles. The molecule has 3 rings (SSSR count). The molecule has 0 aromatic rings. The summed E-state index contributed by atoms with van der Waals surface area (Å²) in [6.45, 7) is 1.76.